The van der Waals surface area contributed by atoms with Crippen molar-refractivity contribution < 1.29 is 9.47 Å². The summed E-state index contributed by atoms with van der Waals surface area (Å²) >= 11 is 0. The van der Waals surface area contributed by atoms with Crippen molar-refractivity contribution >= 4 is 0 Å². The van der Waals surface area contributed by atoms with Gasteiger partial charge in [0.15, 0.2) is 11.5 Å². The summed E-state index contributed by atoms with van der Waals surface area (Å²) in [6, 6.07) is 6.18. The van der Waals surface area contributed by atoms with Crippen molar-refractivity contribution in [2.45, 2.75) is 39.7 Å². The Morgan fingerprint density at radius 2 is 1.89 bits per heavy atom. The highest BCUT2D eigenvalue weighted by atomic mass is 16.5. The van der Waals surface area contributed by atoms with Crippen molar-refractivity contribution in [3.8, 4) is 11.5 Å². The normalized spacial score (nSPS) is 12.6. The number of nitrogens with two attached hydrogens (primary N) is 1. The van der Waals surface area contributed by atoms with Gasteiger partial charge in [-0.05, 0) is 43.4 Å². The molecule has 1 unspecified atom stereocenters. The van der Waals surface area contributed by atoms with E-state index in [1.54, 1.807) is 7.11 Å². The van der Waals surface area contributed by atoms with Crippen LogP contribution in [0.2, 0.25) is 0 Å². The van der Waals surface area contributed by atoms with E-state index in [1.807, 2.05) is 19.1 Å². The average Bonchev–Trinajstić information content (AvgIpc) is 2.29. The van der Waals surface area contributed by atoms with E-state index >= 15 is 0 Å². The van der Waals surface area contributed by atoms with Gasteiger partial charge in [0.1, 0.15) is 0 Å². The third kappa shape index (κ3) is 4.96. The predicted octanol–water partition coefficient (Wildman–Crippen LogP) is 3.01. The Bertz CT molecular complexity index is 362. The van der Waals surface area contributed by atoms with Crippen LogP contribution in [0.15, 0.2) is 18.2 Å². The molecule has 1 aromatic rings. The second-order valence-electron chi connectivity index (χ2n) is 5.20. The van der Waals surface area contributed by atoms with Gasteiger partial charge in [0.05, 0.1) is 13.7 Å². The van der Waals surface area contributed by atoms with E-state index in [2.05, 4.69) is 19.9 Å². The summed E-state index contributed by atoms with van der Waals surface area (Å²) in [5, 5.41) is 0. The molecular weight excluding hydrogens is 226 g/mol. The predicted molar refractivity (Wildman–Crippen MR) is 75.3 cm³/mol. The smallest absolute Gasteiger partial charge is 0.161 e. The highest BCUT2D eigenvalue weighted by molar-refractivity contribution is 5.43. The van der Waals surface area contributed by atoms with Crippen molar-refractivity contribution in [3.63, 3.8) is 0 Å². The Morgan fingerprint density at radius 1 is 1.17 bits per heavy atom. The van der Waals surface area contributed by atoms with E-state index < -0.39 is 0 Å². The zero-order valence-electron chi connectivity index (χ0n) is 11.9. The minimum atomic E-state index is 0.155. The molecule has 3 nitrogen and oxygen atoms in total. The van der Waals surface area contributed by atoms with Crippen LogP contribution in [-0.2, 0) is 6.42 Å². The molecular formula is C15H25NO2. The van der Waals surface area contributed by atoms with E-state index in [-0.39, 0.29) is 6.04 Å². The molecule has 0 aliphatic carbocycles. The van der Waals surface area contributed by atoms with Gasteiger partial charge >= 0.3 is 0 Å². The number of rotatable bonds is 7. The Balaban J connectivity index is 2.67. The molecule has 1 aromatic carbocycles. The molecule has 0 aliphatic rings. The lowest BCUT2D eigenvalue weighted by atomic mass is 10.1. The molecule has 18 heavy (non-hydrogen) atoms. The summed E-state index contributed by atoms with van der Waals surface area (Å²) < 4.78 is 11.1. The fraction of sp³-hybridized carbons (Fsp3) is 0.600. The van der Waals surface area contributed by atoms with Crippen molar-refractivity contribution in [2.75, 3.05) is 13.7 Å². The van der Waals surface area contributed by atoms with Gasteiger partial charge in [-0.25, -0.2) is 0 Å². The van der Waals surface area contributed by atoms with Crippen LogP contribution in [0, 0.1) is 5.92 Å². The molecule has 0 spiro atoms. The van der Waals surface area contributed by atoms with E-state index in [0.29, 0.717) is 5.92 Å². The van der Waals surface area contributed by atoms with Crippen LogP contribution in [0.3, 0.4) is 0 Å². The Kier molecular flexibility index (Phi) is 5.99. The quantitative estimate of drug-likeness (QED) is 0.810. The molecule has 0 aliphatic heterocycles. The molecule has 2 N–H and O–H groups in total. The highest BCUT2D eigenvalue weighted by Gasteiger charge is 2.07. The first kappa shape index (κ1) is 14.8. The van der Waals surface area contributed by atoms with Crippen LogP contribution in [0.1, 0.15) is 32.8 Å². The van der Waals surface area contributed by atoms with Crippen molar-refractivity contribution in [3.05, 3.63) is 23.8 Å². The summed E-state index contributed by atoms with van der Waals surface area (Å²) in [7, 11) is 1.67. The minimum absolute atomic E-state index is 0.155. The lowest BCUT2D eigenvalue weighted by Crippen LogP contribution is -2.17. The van der Waals surface area contributed by atoms with Crippen LogP contribution < -0.4 is 15.2 Å². The standard InChI is InChI=1S/C15H25NO2/c1-11(2)7-8-18-14-6-5-13(9-12(3)16)10-15(14)17-4/h5-6,10-12H,7-9,16H2,1-4H3. The number of hydrogen-bond donors (Lipinski definition) is 1. The van der Waals surface area contributed by atoms with Crippen LogP contribution >= 0.6 is 0 Å². The monoisotopic (exact) mass is 251 g/mol. The van der Waals surface area contributed by atoms with Crippen molar-refractivity contribution in [1.82, 2.24) is 0 Å². The summed E-state index contributed by atoms with van der Waals surface area (Å²) in [5.41, 5.74) is 6.97. The summed E-state index contributed by atoms with van der Waals surface area (Å²) in [5.74, 6) is 2.25. The molecule has 1 rings (SSSR count). The third-order valence-corrected chi connectivity index (χ3v) is 2.74. The van der Waals surface area contributed by atoms with Crippen molar-refractivity contribution in [2.24, 2.45) is 11.7 Å². The zero-order chi connectivity index (χ0) is 13.5. The first-order valence-electron chi connectivity index (χ1n) is 6.58. The molecule has 1 atom stereocenters. The van der Waals surface area contributed by atoms with E-state index in [1.165, 1.54) is 5.56 Å². The fourth-order valence-electron chi connectivity index (χ4n) is 1.73. The van der Waals surface area contributed by atoms with Crippen LogP contribution in [0.5, 0.6) is 11.5 Å². The molecule has 0 saturated carbocycles. The number of methoxy groups -OCH3 is 1. The molecule has 102 valence electrons. The lowest BCUT2D eigenvalue weighted by molar-refractivity contribution is 0.273. The van der Waals surface area contributed by atoms with Crippen LogP contribution in [0.25, 0.3) is 0 Å². The topological polar surface area (TPSA) is 44.5 Å². The maximum absolute atomic E-state index is 5.80. The molecule has 3 heteroatoms. The first-order chi connectivity index (χ1) is 8.52. The van der Waals surface area contributed by atoms with Gasteiger partial charge in [-0.3, -0.25) is 0 Å². The van der Waals surface area contributed by atoms with Crippen molar-refractivity contribution in [1.29, 1.82) is 0 Å². The van der Waals surface area contributed by atoms with Gasteiger partial charge in [0.25, 0.3) is 0 Å². The zero-order valence-corrected chi connectivity index (χ0v) is 11.9. The fourth-order valence-corrected chi connectivity index (χ4v) is 1.73. The van der Waals surface area contributed by atoms with E-state index in [9.17, 15) is 0 Å². The SMILES string of the molecule is COc1cc(CC(C)N)ccc1OCCC(C)C. The lowest BCUT2D eigenvalue weighted by Gasteiger charge is -2.13. The average molecular weight is 251 g/mol. The second kappa shape index (κ2) is 7.27. The molecule has 0 bridgehead atoms. The van der Waals surface area contributed by atoms with E-state index in [0.717, 1.165) is 30.9 Å². The first-order valence-corrected chi connectivity index (χ1v) is 6.58. The maximum Gasteiger partial charge on any atom is 0.161 e. The summed E-state index contributed by atoms with van der Waals surface area (Å²) in [4.78, 5) is 0. The second-order valence-corrected chi connectivity index (χ2v) is 5.20. The van der Waals surface area contributed by atoms with Crippen LogP contribution in [-0.4, -0.2) is 19.8 Å². The maximum atomic E-state index is 5.80. The molecule has 0 saturated heterocycles. The molecule has 0 radical (unpaired) electrons. The van der Waals surface area contributed by atoms with Gasteiger partial charge < -0.3 is 15.2 Å². The van der Waals surface area contributed by atoms with Gasteiger partial charge in [-0.15, -0.1) is 0 Å². The largest absolute Gasteiger partial charge is 0.493 e. The highest BCUT2D eigenvalue weighted by Crippen LogP contribution is 2.28. The van der Waals surface area contributed by atoms with Gasteiger partial charge in [0.2, 0.25) is 0 Å². The van der Waals surface area contributed by atoms with Gasteiger partial charge in [-0.1, -0.05) is 19.9 Å². The molecule has 0 amide bonds. The van der Waals surface area contributed by atoms with Gasteiger partial charge in [0, 0.05) is 6.04 Å². The molecule has 0 aromatic heterocycles. The molecule has 0 fully saturated rings. The Morgan fingerprint density at radius 3 is 2.44 bits per heavy atom. The van der Waals surface area contributed by atoms with Crippen LogP contribution in [0.4, 0.5) is 0 Å². The number of hydrogen-bond acceptors (Lipinski definition) is 3. The Hall–Kier alpha value is -1.22. The van der Waals surface area contributed by atoms with Gasteiger partial charge in [-0.2, -0.15) is 0 Å². The number of ether oxygens (including phenoxy) is 2. The third-order valence-electron chi connectivity index (χ3n) is 2.74. The molecule has 0 heterocycles. The summed E-state index contributed by atoms with van der Waals surface area (Å²) in [6.45, 7) is 7.10. The Labute approximate surface area is 110 Å². The summed E-state index contributed by atoms with van der Waals surface area (Å²) in [6.07, 6.45) is 1.90. The van der Waals surface area contributed by atoms with E-state index in [4.69, 9.17) is 15.2 Å². The number of benzene rings is 1. The minimum Gasteiger partial charge on any atom is -0.493 e.